The molecule has 0 N–H and O–H groups in total. The molecule has 1 aliphatic carbocycles. The third kappa shape index (κ3) is 2.92. The summed E-state index contributed by atoms with van der Waals surface area (Å²) in [4.78, 5) is 0. The minimum absolute atomic E-state index is 0.977. The maximum atomic E-state index is 6.33. The van der Waals surface area contributed by atoms with Crippen molar-refractivity contribution in [3.63, 3.8) is 0 Å². The van der Waals surface area contributed by atoms with Gasteiger partial charge in [0.2, 0.25) is 0 Å². The van der Waals surface area contributed by atoms with Crippen molar-refractivity contribution in [1.82, 2.24) is 0 Å². The Morgan fingerprint density at radius 2 is 1.30 bits per heavy atom. The smallest absolute Gasteiger partial charge is 0.212 e. The molecule has 0 radical (unpaired) electrons. The summed E-state index contributed by atoms with van der Waals surface area (Å²) >= 11 is 0. The van der Waals surface area contributed by atoms with Crippen molar-refractivity contribution in [3.8, 4) is 22.5 Å². The molecule has 0 saturated heterocycles. The van der Waals surface area contributed by atoms with E-state index in [4.69, 9.17) is 4.42 Å². The highest BCUT2D eigenvalue weighted by atomic mass is 16.3. The van der Waals surface area contributed by atoms with Crippen LogP contribution in [-0.2, 0) is 12.8 Å². The predicted molar refractivity (Wildman–Crippen MR) is 95.2 cm³/mol. The van der Waals surface area contributed by atoms with Gasteiger partial charge in [-0.3, -0.25) is 0 Å². The molecule has 0 atom stereocenters. The van der Waals surface area contributed by atoms with Crippen molar-refractivity contribution in [2.75, 3.05) is 0 Å². The van der Waals surface area contributed by atoms with Gasteiger partial charge in [0.05, 0.1) is 23.6 Å². The zero-order valence-electron chi connectivity index (χ0n) is 13.3. The van der Waals surface area contributed by atoms with Gasteiger partial charge in [0, 0.05) is 5.56 Å². The summed E-state index contributed by atoms with van der Waals surface area (Å²) in [5.41, 5.74) is 5.19. The standard InChI is InChI=1S/C22H21O/c1-4-10-17(11-5-1)20-16-22(18-12-6-2-7-13-18)23-21-15-9-3-8-14-19(20)21/h1-2,4-7,10-13,16H,3,8-9,14-15H2/q+1. The second-order valence-corrected chi connectivity index (χ2v) is 6.22. The Hall–Kier alpha value is -2.41. The first-order valence-electron chi connectivity index (χ1n) is 8.51. The summed E-state index contributed by atoms with van der Waals surface area (Å²) in [6, 6.07) is 23.4. The van der Waals surface area contributed by atoms with E-state index in [1.54, 1.807) is 0 Å². The van der Waals surface area contributed by atoms with E-state index in [9.17, 15) is 0 Å². The Balaban J connectivity index is 1.92. The Bertz CT molecular complexity index is 791. The van der Waals surface area contributed by atoms with Crippen LogP contribution in [0.4, 0.5) is 0 Å². The summed E-state index contributed by atoms with van der Waals surface area (Å²) in [5, 5.41) is 0. The van der Waals surface area contributed by atoms with Gasteiger partial charge in [-0.2, -0.15) is 0 Å². The fourth-order valence-electron chi connectivity index (χ4n) is 3.45. The van der Waals surface area contributed by atoms with E-state index in [1.165, 1.54) is 41.7 Å². The normalized spacial score (nSPS) is 14.1. The summed E-state index contributed by atoms with van der Waals surface area (Å²) < 4.78 is 6.33. The van der Waals surface area contributed by atoms with Gasteiger partial charge in [-0.05, 0) is 37.0 Å². The average Bonchev–Trinajstić information content (AvgIpc) is 2.88. The van der Waals surface area contributed by atoms with Crippen LogP contribution >= 0.6 is 0 Å². The van der Waals surface area contributed by atoms with Crippen LogP contribution in [0.1, 0.15) is 30.6 Å². The zero-order chi connectivity index (χ0) is 15.5. The molecule has 0 aliphatic heterocycles. The predicted octanol–water partition coefficient (Wildman–Crippen LogP) is 6.16. The van der Waals surface area contributed by atoms with Crippen LogP contribution in [0.5, 0.6) is 0 Å². The monoisotopic (exact) mass is 301 g/mol. The number of fused-ring (bicyclic) bond motifs is 1. The van der Waals surface area contributed by atoms with E-state index in [2.05, 4.69) is 60.7 Å². The fourth-order valence-corrected chi connectivity index (χ4v) is 3.45. The highest BCUT2D eigenvalue weighted by Crippen LogP contribution is 2.35. The summed E-state index contributed by atoms with van der Waals surface area (Å²) in [6.45, 7) is 0. The summed E-state index contributed by atoms with van der Waals surface area (Å²) in [5.74, 6) is 2.16. The molecule has 1 nitrogen and oxygen atoms in total. The first-order valence-corrected chi connectivity index (χ1v) is 8.51. The molecule has 4 rings (SSSR count). The van der Waals surface area contributed by atoms with Gasteiger partial charge in [-0.25, -0.2) is 4.42 Å². The largest absolute Gasteiger partial charge is 0.360 e. The molecule has 1 heteroatoms. The molecule has 0 saturated carbocycles. The maximum Gasteiger partial charge on any atom is 0.360 e. The first-order chi connectivity index (χ1) is 11.4. The Kier molecular flexibility index (Phi) is 3.94. The van der Waals surface area contributed by atoms with Crippen LogP contribution in [0, 0.1) is 0 Å². The van der Waals surface area contributed by atoms with E-state index < -0.39 is 0 Å². The highest BCUT2D eigenvalue weighted by molar-refractivity contribution is 5.73. The van der Waals surface area contributed by atoms with Crippen LogP contribution in [0.2, 0.25) is 0 Å². The van der Waals surface area contributed by atoms with Gasteiger partial charge in [-0.15, -0.1) is 0 Å². The average molecular weight is 301 g/mol. The lowest BCUT2D eigenvalue weighted by Crippen LogP contribution is -1.97. The van der Waals surface area contributed by atoms with Gasteiger partial charge in [0.1, 0.15) is 0 Å². The molecular weight excluding hydrogens is 280 g/mol. The maximum absolute atomic E-state index is 6.33. The molecule has 1 aromatic heterocycles. The SMILES string of the molecule is c1ccc(-c2cc(-c3ccccc3)c3c([o+]2)CCCCC3)cc1. The molecule has 1 heterocycles. The van der Waals surface area contributed by atoms with Crippen LogP contribution < -0.4 is 0 Å². The zero-order valence-corrected chi connectivity index (χ0v) is 13.3. The number of hydrogen-bond acceptors (Lipinski definition) is 0. The second-order valence-electron chi connectivity index (χ2n) is 6.22. The lowest BCUT2D eigenvalue weighted by atomic mass is 9.95. The molecule has 2 aromatic carbocycles. The highest BCUT2D eigenvalue weighted by Gasteiger charge is 2.26. The van der Waals surface area contributed by atoms with E-state index in [1.807, 2.05) is 6.07 Å². The van der Waals surface area contributed by atoms with E-state index >= 15 is 0 Å². The lowest BCUT2D eigenvalue weighted by molar-refractivity contribution is 0.497. The van der Waals surface area contributed by atoms with E-state index in [0.717, 1.165) is 24.2 Å². The topological polar surface area (TPSA) is 11.3 Å². The second kappa shape index (κ2) is 6.37. The third-order valence-corrected chi connectivity index (χ3v) is 4.64. The molecule has 0 unspecified atom stereocenters. The molecular formula is C22H21O+. The van der Waals surface area contributed by atoms with Crippen molar-refractivity contribution in [3.05, 3.63) is 78.1 Å². The van der Waals surface area contributed by atoms with E-state index in [-0.39, 0.29) is 0 Å². The number of benzene rings is 2. The number of rotatable bonds is 2. The minimum Gasteiger partial charge on any atom is -0.212 e. The van der Waals surface area contributed by atoms with Crippen molar-refractivity contribution >= 4 is 0 Å². The molecule has 23 heavy (non-hydrogen) atoms. The fraction of sp³-hybridized carbons (Fsp3) is 0.227. The molecule has 114 valence electrons. The van der Waals surface area contributed by atoms with Crippen molar-refractivity contribution in [2.45, 2.75) is 32.1 Å². The molecule has 3 aromatic rings. The van der Waals surface area contributed by atoms with Gasteiger partial charge < -0.3 is 0 Å². The molecule has 0 bridgehead atoms. The Labute approximate surface area is 137 Å². The number of hydrogen-bond donors (Lipinski definition) is 0. The Morgan fingerprint density at radius 1 is 0.652 bits per heavy atom. The van der Waals surface area contributed by atoms with Crippen LogP contribution in [0.25, 0.3) is 22.5 Å². The van der Waals surface area contributed by atoms with Crippen molar-refractivity contribution < 1.29 is 4.42 Å². The third-order valence-electron chi connectivity index (χ3n) is 4.64. The van der Waals surface area contributed by atoms with Gasteiger partial charge in [-0.1, -0.05) is 55.0 Å². The number of aryl methyl sites for hydroxylation is 1. The van der Waals surface area contributed by atoms with Crippen molar-refractivity contribution in [2.24, 2.45) is 0 Å². The quantitative estimate of drug-likeness (QED) is 0.407. The van der Waals surface area contributed by atoms with Crippen LogP contribution in [0.3, 0.4) is 0 Å². The molecule has 0 spiro atoms. The lowest BCUT2D eigenvalue weighted by Gasteiger charge is -2.07. The van der Waals surface area contributed by atoms with E-state index in [0.29, 0.717) is 0 Å². The minimum atomic E-state index is 0.977. The molecule has 0 amide bonds. The Morgan fingerprint density at radius 3 is 2.04 bits per heavy atom. The van der Waals surface area contributed by atoms with Crippen LogP contribution in [0.15, 0.2) is 71.1 Å². The van der Waals surface area contributed by atoms with Gasteiger partial charge in [0.15, 0.2) is 0 Å². The first kappa shape index (κ1) is 14.2. The van der Waals surface area contributed by atoms with Crippen molar-refractivity contribution in [1.29, 1.82) is 0 Å². The summed E-state index contributed by atoms with van der Waals surface area (Å²) in [6.07, 6.45) is 5.95. The molecule has 1 aliphatic rings. The van der Waals surface area contributed by atoms with Gasteiger partial charge in [0.25, 0.3) is 0 Å². The molecule has 0 fully saturated rings. The van der Waals surface area contributed by atoms with Crippen LogP contribution in [-0.4, -0.2) is 0 Å². The summed E-state index contributed by atoms with van der Waals surface area (Å²) in [7, 11) is 0. The van der Waals surface area contributed by atoms with Gasteiger partial charge >= 0.3 is 11.5 Å².